The van der Waals surface area contributed by atoms with Gasteiger partial charge < -0.3 is 5.32 Å². The summed E-state index contributed by atoms with van der Waals surface area (Å²) in [5, 5.41) is 2.81. The molecule has 2 aliphatic rings. The van der Waals surface area contributed by atoms with E-state index in [0.717, 1.165) is 41.0 Å². The monoisotopic (exact) mass is 374 g/mol. The Morgan fingerprint density at radius 2 is 1.85 bits per heavy atom. The van der Waals surface area contributed by atoms with E-state index in [1.165, 1.54) is 12.1 Å². The lowest BCUT2D eigenvalue weighted by atomic mass is 9.76. The van der Waals surface area contributed by atoms with E-state index in [2.05, 4.69) is 5.32 Å². The van der Waals surface area contributed by atoms with Gasteiger partial charge in [0.1, 0.15) is 5.54 Å². The van der Waals surface area contributed by atoms with Crippen molar-refractivity contribution in [3.63, 3.8) is 0 Å². The molecule has 3 amide bonds. The molecule has 0 radical (unpaired) electrons. The van der Waals surface area contributed by atoms with E-state index < -0.39 is 29.2 Å². The van der Waals surface area contributed by atoms with Gasteiger partial charge in [0.2, 0.25) is 0 Å². The first-order valence-corrected chi connectivity index (χ1v) is 8.70. The van der Waals surface area contributed by atoms with Crippen molar-refractivity contribution >= 4 is 11.9 Å². The number of nitrogens with one attached hydrogen (secondary N) is 1. The van der Waals surface area contributed by atoms with Crippen LogP contribution in [0, 0.1) is 0 Å². The lowest BCUT2D eigenvalue weighted by Crippen LogP contribution is -2.46. The van der Waals surface area contributed by atoms with Crippen molar-refractivity contribution in [2.75, 3.05) is 0 Å². The number of imide groups is 1. The molecule has 27 heavy (non-hydrogen) atoms. The average molecular weight is 374 g/mol. The Kier molecular flexibility index (Phi) is 3.98. The van der Waals surface area contributed by atoms with Crippen LogP contribution in [0.25, 0.3) is 0 Å². The molecule has 1 fully saturated rings. The van der Waals surface area contributed by atoms with Gasteiger partial charge in [0.15, 0.2) is 0 Å². The highest BCUT2D eigenvalue weighted by Crippen LogP contribution is 2.40. The minimum absolute atomic E-state index is 0.196. The molecule has 140 valence electrons. The molecule has 0 unspecified atom stereocenters. The number of nitrogens with zero attached hydrogens (tertiary/aromatic N) is 1. The second-order valence-electron chi connectivity index (χ2n) is 6.94. The first-order chi connectivity index (χ1) is 12.8. The van der Waals surface area contributed by atoms with Gasteiger partial charge in [-0.2, -0.15) is 13.2 Å². The number of carbonyl (C=O) groups is 2. The number of rotatable bonds is 2. The van der Waals surface area contributed by atoms with Gasteiger partial charge in [-0.05, 0) is 48.1 Å². The Morgan fingerprint density at radius 3 is 2.63 bits per heavy atom. The SMILES string of the molecule is O=C1N[C@]2(CCCc3ccccc32)C(=O)N1Cc1cccc(C(F)(F)F)c1. The van der Waals surface area contributed by atoms with E-state index in [0.29, 0.717) is 6.42 Å². The summed E-state index contributed by atoms with van der Waals surface area (Å²) in [5.74, 6) is -0.405. The molecular formula is C20H17F3N2O2. The first-order valence-electron chi connectivity index (χ1n) is 8.70. The summed E-state index contributed by atoms with van der Waals surface area (Å²) in [6.45, 7) is -0.196. The van der Waals surface area contributed by atoms with Crippen LogP contribution in [0.3, 0.4) is 0 Å². The molecule has 1 saturated heterocycles. The smallest absolute Gasteiger partial charge is 0.319 e. The molecule has 0 aromatic heterocycles. The van der Waals surface area contributed by atoms with Crippen molar-refractivity contribution in [2.24, 2.45) is 0 Å². The molecule has 4 rings (SSSR count). The van der Waals surface area contributed by atoms with E-state index in [1.807, 2.05) is 24.3 Å². The number of alkyl halides is 3. The number of aryl methyl sites for hydroxylation is 1. The van der Waals surface area contributed by atoms with Gasteiger partial charge in [-0.15, -0.1) is 0 Å². The highest BCUT2D eigenvalue weighted by molar-refractivity contribution is 6.07. The Hall–Kier alpha value is -2.83. The summed E-state index contributed by atoms with van der Waals surface area (Å²) in [6.07, 6.45) is -2.42. The molecule has 0 saturated carbocycles. The zero-order chi connectivity index (χ0) is 19.2. The summed E-state index contributed by atoms with van der Waals surface area (Å²) in [6, 6.07) is 11.6. The third-order valence-corrected chi connectivity index (χ3v) is 5.25. The van der Waals surface area contributed by atoms with Crippen LogP contribution in [-0.4, -0.2) is 16.8 Å². The number of carbonyl (C=O) groups excluding carboxylic acids is 2. The van der Waals surface area contributed by atoms with Crippen molar-refractivity contribution in [1.82, 2.24) is 10.2 Å². The molecule has 1 heterocycles. The maximum atomic E-state index is 13.2. The van der Waals surface area contributed by atoms with E-state index in [9.17, 15) is 22.8 Å². The molecule has 7 heteroatoms. The number of hydrogen-bond acceptors (Lipinski definition) is 2. The molecule has 2 aromatic rings. The van der Waals surface area contributed by atoms with Gasteiger partial charge in [-0.25, -0.2) is 4.79 Å². The molecule has 4 nitrogen and oxygen atoms in total. The van der Waals surface area contributed by atoms with Crippen LogP contribution >= 0.6 is 0 Å². The van der Waals surface area contributed by atoms with Crippen LogP contribution in [0.5, 0.6) is 0 Å². The number of hydrogen-bond donors (Lipinski definition) is 1. The summed E-state index contributed by atoms with van der Waals surface area (Å²) in [4.78, 5) is 26.7. The van der Waals surface area contributed by atoms with E-state index in [4.69, 9.17) is 0 Å². The Labute approximate surface area is 154 Å². The fourth-order valence-corrected chi connectivity index (χ4v) is 3.98. The largest absolute Gasteiger partial charge is 0.416 e. The molecule has 1 atom stereocenters. The van der Waals surface area contributed by atoms with Crippen molar-refractivity contribution in [3.8, 4) is 0 Å². The second-order valence-corrected chi connectivity index (χ2v) is 6.94. The molecule has 1 aliphatic carbocycles. The number of fused-ring (bicyclic) bond motifs is 2. The number of halogens is 3. The van der Waals surface area contributed by atoms with Gasteiger partial charge >= 0.3 is 12.2 Å². The van der Waals surface area contributed by atoms with E-state index in [-0.39, 0.29) is 12.1 Å². The van der Waals surface area contributed by atoms with Crippen molar-refractivity contribution in [2.45, 2.75) is 37.5 Å². The predicted molar refractivity (Wildman–Crippen MR) is 91.6 cm³/mol. The topological polar surface area (TPSA) is 49.4 Å². The van der Waals surface area contributed by atoms with Crippen LogP contribution in [0.15, 0.2) is 48.5 Å². The minimum atomic E-state index is -4.48. The van der Waals surface area contributed by atoms with Gasteiger partial charge in [0.05, 0.1) is 12.1 Å². The third-order valence-electron chi connectivity index (χ3n) is 5.25. The maximum Gasteiger partial charge on any atom is 0.416 e. The Morgan fingerprint density at radius 1 is 1.07 bits per heavy atom. The van der Waals surface area contributed by atoms with Crippen LogP contribution in [0.1, 0.15) is 35.1 Å². The van der Waals surface area contributed by atoms with Crippen LogP contribution in [-0.2, 0) is 29.5 Å². The average Bonchev–Trinajstić information content (AvgIpc) is 2.87. The summed E-state index contributed by atoms with van der Waals surface area (Å²) >= 11 is 0. The molecule has 1 N–H and O–H groups in total. The quantitative estimate of drug-likeness (QED) is 0.808. The molecule has 2 aromatic carbocycles. The normalized spacial score (nSPS) is 22.1. The van der Waals surface area contributed by atoms with Gasteiger partial charge in [0, 0.05) is 0 Å². The van der Waals surface area contributed by atoms with Crippen molar-refractivity contribution in [1.29, 1.82) is 0 Å². The Balaban J connectivity index is 1.66. The summed E-state index contributed by atoms with van der Waals surface area (Å²) in [5.41, 5.74) is 0.131. The van der Waals surface area contributed by atoms with Gasteiger partial charge in [0.25, 0.3) is 5.91 Å². The highest BCUT2D eigenvalue weighted by Gasteiger charge is 2.53. The fourth-order valence-electron chi connectivity index (χ4n) is 3.98. The lowest BCUT2D eigenvalue weighted by molar-refractivity contribution is -0.137. The molecule has 1 aliphatic heterocycles. The Bertz CT molecular complexity index is 925. The maximum absolute atomic E-state index is 13.2. The van der Waals surface area contributed by atoms with Gasteiger partial charge in [-0.3, -0.25) is 9.69 Å². The van der Waals surface area contributed by atoms with E-state index >= 15 is 0 Å². The lowest BCUT2D eigenvalue weighted by Gasteiger charge is -2.33. The first kappa shape index (κ1) is 17.6. The number of urea groups is 1. The van der Waals surface area contributed by atoms with Gasteiger partial charge in [-0.1, -0.05) is 36.4 Å². The second kappa shape index (κ2) is 6.11. The molecule has 1 spiro atoms. The van der Waals surface area contributed by atoms with Crippen LogP contribution < -0.4 is 5.32 Å². The number of benzene rings is 2. The van der Waals surface area contributed by atoms with Crippen LogP contribution in [0.4, 0.5) is 18.0 Å². The molecular weight excluding hydrogens is 357 g/mol. The fraction of sp³-hybridized carbons (Fsp3) is 0.300. The summed E-state index contributed by atoms with van der Waals surface area (Å²) < 4.78 is 38.8. The zero-order valence-electron chi connectivity index (χ0n) is 14.3. The van der Waals surface area contributed by atoms with Crippen molar-refractivity contribution < 1.29 is 22.8 Å². The highest BCUT2D eigenvalue weighted by atomic mass is 19.4. The standard InChI is InChI=1S/C20H17F3N2O2/c21-20(22,23)15-8-3-5-13(11-15)12-25-17(26)19(24-18(25)27)10-4-7-14-6-1-2-9-16(14)19/h1-3,5-6,8-9,11H,4,7,10,12H2,(H,24,27)/t19-/m0/s1. The van der Waals surface area contributed by atoms with E-state index in [1.54, 1.807) is 0 Å². The van der Waals surface area contributed by atoms with Crippen molar-refractivity contribution in [3.05, 3.63) is 70.8 Å². The minimum Gasteiger partial charge on any atom is -0.319 e. The summed E-state index contributed by atoms with van der Waals surface area (Å²) in [7, 11) is 0. The van der Waals surface area contributed by atoms with Crippen LogP contribution in [0.2, 0.25) is 0 Å². The third kappa shape index (κ3) is 2.87. The molecule has 0 bridgehead atoms. The zero-order valence-corrected chi connectivity index (χ0v) is 14.3. The predicted octanol–water partition coefficient (Wildman–Crippen LogP) is 3.99. The number of amides is 3.